The molecule has 0 radical (unpaired) electrons. The summed E-state index contributed by atoms with van der Waals surface area (Å²) in [4.78, 5) is 17.0. The Hall–Kier alpha value is -2.37. The molecule has 1 heterocycles. The standard InChI is InChI=1S/C10H9N3O3/c1-2-7-15-10(14)16-13-9-6-4-3-5-8(9)11-12-13/h2-6H,1,7H2. The molecule has 0 aliphatic carbocycles. The lowest BCUT2D eigenvalue weighted by Crippen LogP contribution is -2.21. The first-order valence-corrected chi connectivity index (χ1v) is 4.57. The lowest BCUT2D eigenvalue weighted by Gasteiger charge is -2.02. The number of carbonyl (C=O) groups excluding carboxylic acids is 1. The summed E-state index contributed by atoms with van der Waals surface area (Å²) in [5.74, 6) is 0. The van der Waals surface area contributed by atoms with Gasteiger partial charge in [0.05, 0.1) is 0 Å². The average molecular weight is 219 g/mol. The van der Waals surface area contributed by atoms with Crippen LogP contribution in [0.15, 0.2) is 36.9 Å². The van der Waals surface area contributed by atoms with Crippen LogP contribution in [-0.2, 0) is 4.74 Å². The average Bonchev–Trinajstić information content (AvgIpc) is 2.70. The molecule has 0 aliphatic rings. The zero-order valence-electron chi connectivity index (χ0n) is 8.37. The summed E-state index contributed by atoms with van der Waals surface area (Å²) in [7, 11) is 0. The van der Waals surface area contributed by atoms with Gasteiger partial charge in [0.25, 0.3) is 0 Å². The van der Waals surface area contributed by atoms with Gasteiger partial charge in [0.1, 0.15) is 17.6 Å². The smallest absolute Gasteiger partial charge is 0.428 e. The zero-order valence-corrected chi connectivity index (χ0v) is 8.37. The number of carbonyl (C=O) groups is 1. The highest BCUT2D eigenvalue weighted by Gasteiger charge is 2.09. The van der Waals surface area contributed by atoms with Gasteiger partial charge in [-0.2, -0.15) is 0 Å². The second kappa shape index (κ2) is 4.43. The molecule has 6 heteroatoms. The third-order valence-electron chi connectivity index (χ3n) is 1.80. The van der Waals surface area contributed by atoms with Gasteiger partial charge in [-0.25, -0.2) is 4.79 Å². The van der Waals surface area contributed by atoms with Gasteiger partial charge in [-0.15, -0.1) is 5.10 Å². The quantitative estimate of drug-likeness (QED) is 0.440. The van der Waals surface area contributed by atoms with Crippen LogP contribution in [-0.4, -0.2) is 27.9 Å². The van der Waals surface area contributed by atoms with E-state index >= 15 is 0 Å². The first-order chi connectivity index (χ1) is 7.81. The molecule has 0 spiro atoms. The molecule has 6 nitrogen and oxygen atoms in total. The SMILES string of the molecule is C=CCOC(=O)On1nnc2ccccc21. The molecule has 0 N–H and O–H groups in total. The van der Waals surface area contributed by atoms with Crippen LogP contribution >= 0.6 is 0 Å². The van der Waals surface area contributed by atoms with Crippen LogP contribution in [0.25, 0.3) is 11.0 Å². The molecule has 0 unspecified atom stereocenters. The van der Waals surface area contributed by atoms with E-state index in [1.54, 1.807) is 18.2 Å². The lowest BCUT2D eigenvalue weighted by atomic mass is 10.3. The summed E-state index contributed by atoms with van der Waals surface area (Å²) in [5.41, 5.74) is 1.23. The van der Waals surface area contributed by atoms with Crippen molar-refractivity contribution in [2.24, 2.45) is 0 Å². The van der Waals surface area contributed by atoms with E-state index < -0.39 is 6.16 Å². The Morgan fingerprint density at radius 1 is 1.50 bits per heavy atom. The van der Waals surface area contributed by atoms with Gasteiger partial charge in [0.15, 0.2) is 0 Å². The van der Waals surface area contributed by atoms with Crippen molar-refractivity contribution in [1.29, 1.82) is 0 Å². The van der Waals surface area contributed by atoms with Crippen LogP contribution in [0.3, 0.4) is 0 Å². The molecule has 2 aromatic rings. The van der Waals surface area contributed by atoms with Gasteiger partial charge in [-0.1, -0.05) is 29.6 Å². The predicted octanol–water partition coefficient (Wildman–Crippen LogP) is 1.18. The molecule has 0 bridgehead atoms. The molecule has 0 amide bonds. The maximum Gasteiger partial charge on any atom is 0.535 e. The summed E-state index contributed by atoms with van der Waals surface area (Å²) in [6.07, 6.45) is 0.594. The molecule has 16 heavy (non-hydrogen) atoms. The Balaban J connectivity index is 2.15. The highest BCUT2D eigenvalue weighted by Crippen LogP contribution is 2.08. The Morgan fingerprint density at radius 3 is 3.12 bits per heavy atom. The molecule has 1 aromatic carbocycles. The van der Waals surface area contributed by atoms with E-state index in [0.717, 1.165) is 4.85 Å². The number of hydrogen-bond donors (Lipinski definition) is 0. The fourth-order valence-electron chi connectivity index (χ4n) is 1.14. The number of rotatable bonds is 3. The van der Waals surface area contributed by atoms with Crippen molar-refractivity contribution in [2.75, 3.05) is 6.61 Å². The highest BCUT2D eigenvalue weighted by atomic mass is 16.8. The monoisotopic (exact) mass is 219 g/mol. The Kier molecular flexibility index (Phi) is 2.81. The number of fused-ring (bicyclic) bond motifs is 1. The molecule has 0 atom stereocenters. The third-order valence-corrected chi connectivity index (χ3v) is 1.80. The van der Waals surface area contributed by atoms with E-state index in [9.17, 15) is 4.79 Å². The molecule has 0 saturated heterocycles. The molecule has 0 aliphatic heterocycles. The van der Waals surface area contributed by atoms with Gasteiger partial charge in [-0.3, -0.25) is 4.84 Å². The lowest BCUT2D eigenvalue weighted by molar-refractivity contribution is 0.0464. The minimum Gasteiger partial charge on any atom is -0.428 e. The summed E-state index contributed by atoms with van der Waals surface area (Å²) < 4.78 is 4.65. The maximum absolute atomic E-state index is 11.1. The number of ether oxygens (including phenoxy) is 1. The molecule has 2 rings (SSSR count). The summed E-state index contributed by atoms with van der Waals surface area (Å²) in [6.45, 7) is 3.50. The van der Waals surface area contributed by atoms with Crippen molar-refractivity contribution in [3.8, 4) is 0 Å². The van der Waals surface area contributed by atoms with Gasteiger partial charge in [-0.05, 0) is 17.3 Å². The van der Waals surface area contributed by atoms with Crippen LogP contribution in [0.1, 0.15) is 0 Å². The van der Waals surface area contributed by atoms with Crippen molar-refractivity contribution < 1.29 is 14.4 Å². The normalized spacial score (nSPS) is 10.0. The Labute approximate surface area is 91.0 Å². The Bertz CT molecular complexity index is 521. The molecule has 1 aromatic heterocycles. The minimum atomic E-state index is -0.851. The zero-order chi connectivity index (χ0) is 11.4. The molecular weight excluding hydrogens is 210 g/mol. The number of nitrogens with zero attached hydrogens (tertiary/aromatic N) is 3. The fraction of sp³-hybridized carbons (Fsp3) is 0.100. The third kappa shape index (κ3) is 2.00. The first-order valence-electron chi connectivity index (χ1n) is 4.57. The predicted molar refractivity (Wildman–Crippen MR) is 55.7 cm³/mol. The van der Waals surface area contributed by atoms with Gasteiger partial charge in [0.2, 0.25) is 0 Å². The molecule has 0 fully saturated rings. The van der Waals surface area contributed by atoms with Crippen molar-refractivity contribution >= 4 is 17.2 Å². The van der Waals surface area contributed by atoms with E-state index in [1.807, 2.05) is 6.07 Å². The number of benzene rings is 1. The minimum absolute atomic E-state index is 0.0888. The van der Waals surface area contributed by atoms with Crippen molar-refractivity contribution in [2.45, 2.75) is 0 Å². The van der Waals surface area contributed by atoms with Crippen LogP contribution in [0.2, 0.25) is 0 Å². The summed E-state index contributed by atoms with van der Waals surface area (Å²) in [6, 6.07) is 7.10. The summed E-state index contributed by atoms with van der Waals surface area (Å²) >= 11 is 0. The fourth-order valence-corrected chi connectivity index (χ4v) is 1.14. The second-order valence-electron chi connectivity index (χ2n) is 2.89. The van der Waals surface area contributed by atoms with Crippen LogP contribution in [0.4, 0.5) is 4.79 Å². The first kappa shape index (κ1) is 10.2. The van der Waals surface area contributed by atoms with Crippen molar-refractivity contribution in [3.05, 3.63) is 36.9 Å². The highest BCUT2D eigenvalue weighted by molar-refractivity contribution is 5.74. The van der Waals surface area contributed by atoms with E-state index in [0.29, 0.717) is 11.0 Å². The molecular formula is C10H9N3O3. The van der Waals surface area contributed by atoms with Crippen LogP contribution in [0.5, 0.6) is 0 Å². The van der Waals surface area contributed by atoms with Gasteiger partial charge >= 0.3 is 6.16 Å². The van der Waals surface area contributed by atoms with Crippen molar-refractivity contribution in [3.63, 3.8) is 0 Å². The topological polar surface area (TPSA) is 66.2 Å². The Morgan fingerprint density at radius 2 is 2.31 bits per heavy atom. The number of para-hydroxylation sites is 1. The van der Waals surface area contributed by atoms with Crippen LogP contribution in [0, 0.1) is 0 Å². The van der Waals surface area contributed by atoms with Crippen LogP contribution < -0.4 is 4.84 Å². The van der Waals surface area contributed by atoms with Gasteiger partial charge < -0.3 is 4.74 Å². The number of aromatic nitrogens is 3. The van der Waals surface area contributed by atoms with Gasteiger partial charge in [0, 0.05) is 0 Å². The van der Waals surface area contributed by atoms with E-state index in [-0.39, 0.29) is 6.61 Å². The molecule has 0 saturated carbocycles. The van der Waals surface area contributed by atoms with Crippen molar-refractivity contribution in [1.82, 2.24) is 15.2 Å². The molecule has 82 valence electrons. The largest absolute Gasteiger partial charge is 0.535 e. The number of hydrogen-bond acceptors (Lipinski definition) is 5. The maximum atomic E-state index is 11.1. The van der Waals surface area contributed by atoms with E-state index in [1.165, 1.54) is 6.08 Å². The summed E-state index contributed by atoms with van der Waals surface area (Å²) in [5, 5.41) is 7.47. The van der Waals surface area contributed by atoms with E-state index in [2.05, 4.69) is 21.6 Å². The van der Waals surface area contributed by atoms with E-state index in [4.69, 9.17) is 4.84 Å². The second-order valence-corrected chi connectivity index (χ2v) is 2.89.